The molecule has 124 valence electrons. The summed E-state index contributed by atoms with van der Waals surface area (Å²) < 4.78 is 12.1. The molecule has 0 radical (unpaired) electrons. The minimum atomic E-state index is -0.398. The first-order chi connectivity index (χ1) is 11.3. The molecule has 1 fully saturated rings. The van der Waals surface area contributed by atoms with Gasteiger partial charge in [0, 0.05) is 11.4 Å². The Balaban J connectivity index is 1.83. The Kier molecular flexibility index (Phi) is 4.24. The van der Waals surface area contributed by atoms with Crippen molar-refractivity contribution in [3.63, 3.8) is 0 Å². The van der Waals surface area contributed by atoms with E-state index >= 15 is 0 Å². The van der Waals surface area contributed by atoms with Gasteiger partial charge in [-0.3, -0.25) is 9.69 Å². The van der Waals surface area contributed by atoms with Crippen molar-refractivity contribution >= 4 is 30.4 Å². The Morgan fingerprint density at radius 3 is 1.83 bits per heavy atom. The van der Waals surface area contributed by atoms with E-state index in [1.165, 1.54) is 0 Å². The van der Waals surface area contributed by atoms with Crippen LogP contribution < -0.4 is 10.4 Å². The molecule has 0 aliphatic carbocycles. The van der Waals surface area contributed by atoms with Crippen molar-refractivity contribution in [1.82, 2.24) is 0 Å². The third-order valence-electron chi connectivity index (χ3n) is 4.84. The zero-order chi connectivity index (χ0) is 17.4. The number of benzene rings is 2. The summed E-state index contributed by atoms with van der Waals surface area (Å²) in [4.78, 5) is 13.1. The molecule has 0 bridgehead atoms. The lowest BCUT2D eigenvalue weighted by Crippen LogP contribution is -2.41. The molecule has 2 aromatic carbocycles. The Morgan fingerprint density at radius 2 is 1.33 bits per heavy atom. The predicted octanol–water partition coefficient (Wildman–Crippen LogP) is 3.28. The zero-order valence-corrected chi connectivity index (χ0v) is 14.5. The number of para-hydroxylation sites is 1. The number of nitrogens with zero attached hydrogens (tertiary/aromatic N) is 1. The fraction of sp³-hybridized carbons (Fsp3) is 0.316. The summed E-state index contributed by atoms with van der Waals surface area (Å²) in [5, 5.41) is 0. The van der Waals surface area contributed by atoms with Crippen molar-refractivity contribution in [2.75, 3.05) is 4.90 Å². The van der Waals surface area contributed by atoms with Crippen molar-refractivity contribution in [2.45, 2.75) is 38.9 Å². The molecule has 1 amide bonds. The maximum absolute atomic E-state index is 11.5. The number of hydrogen-bond donors (Lipinski definition) is 0. The van der Waals surface area contributed by atoms with Crippen LogP contribution in [0.1, 0.15) is 27.7 Å². The quantitative estimate of drug-likeness (QED) is 0.640. The van der Waals surface area contributed by atoms with Gasteiger partial charge >= 0.3 is 7.12 Å². The van der Waals surface area contributed by atoms with E-state index in [0.717, 1.165) is 23.2 Å². The fourth-order valence-corrected chi connectivity index (χ4v) is 2.63. The van der Waals surface area contributed by atoms with Crippen LogP contribution in [0.5, 0.6) is 0 Å². The number of carbonyl (C=O) groups excluding carboxylic acids is 1. The third kappa shape index (κ3) is 2.97. The van der Waals surface area contributed by atoms with Crippen LogP contribution in [0.2, 0.25) is 0 Å². The first kappa shape index (κ1) is 16.7. The van der Waals surface area contributed by atoms with Gasteiger partial charge in [0.1, 0.15) is 0 Å². The van der Waals surface area contributed by atoms with Crippen LogP contribution in [0.4, 0.5) is 11.4 Å². The van der Waals surface area contributed by atoms with E-state index < -0.39 is 7.12 Å². The molecule has 1 saturated heterocycles. The summed E-state index contributed by atoms with van der Waals surface area (Å²) in [7, 11) is -0.398. The van der Waals surface area contributed by atoms with Crippen LogP contribution in [0, 0.1) is 0 Å². The second kappa shape index (κ2) is 6.08. The number of anilines is 2. The van der Waals surface area contributed by atoms with E-state index in [9.17, 15) is 4.79 Å². The number of hydrogen-bond acceptors (Lipinski definition) is 3. The van der Waals surface area contributed by atoms with Gasteiger partial charge in [0.2, 0.25) is 6.41 Å². The summed E-state index contributed by atoms with van der Waals surface area (Å²) in [5.74, 6) is 0. The molecule has 24 heavy (non-hydrogen) atoms. The topological polar surface area (TPSA) is 38.8 Å². The van der Waals surface area contributed by atoms with Crippen molar-refractivity contribution in [2.24, 2.45) is 0 Å². The monoisotopic (exact) mass is 323 g/mol. The summed E-state index contributed by atoms with van der Waals surface area (Å²) in [5.41, 5.74) is 1.84. The molecule has 1 heterocycles. The van der Waals surface area contributed by atoms with Crippen molar-refractivity contribution < 1.29 is 14.1 Å². The van der Waals surface area contributed by atoms with Crippen molar-refractivity contribution in [1.29, 1.82) is 0 Å². The SMILES string of the molecule is CC1(C)OB(c2ccc(N(C=O)c3ccccc3)cc2)OC1(C)C. The average Bonchev–Trinajstić information content (AvgIpc) is 2.78. The van der Waals surface area contributed by atoms with Gasteiger partial charge in [-0.1, -0.05) is 30.3 Å². The highest BCUT2D eigenvalue weighted by atomic mass is 16.7. The van der Waals surface area contributed by atoms with E-state index in [4.69, 9.17) is 9.31 Å². The normalized spacial score (nSPS) is 18.4. The first-order valence-electron chi connectivity index (χ1n) is 8.09. The molecule has 2 aromatic rings. The maximum atomic E-state index is 11.5. The van der Waals surface area contributed by atoms with Crippen molar-refractivity contribution in [3.05, 3.63) is 54.6 Å². The molecule has 0 N–H and O–H groups in total. The van der Waals surface area contributed by atoms with Gasteiger partial charge in [0.05, 0.1) is 11.2 Å². The molecule has 0 saturated carbocycles. The van der Waals surface area contributed by atoms with Crippen LogP contribution in [-0.4, -0.2) is 24.7 Å². The van der Waals surface area contributed by atoms with Gasteiger partial charge in [-0.25, -0.2) is 0 Å². The summed E-state index contributed by atoms with van der Waals surface area (Å²) in [6.07, 6.45) is 0.819. The maximum Gasteiger partial charge on any atom is 0.494 e. The lowest BCUT2D eigenvalue weighted by Gasteiger charge is -2.32. The standard InChI is InChI=1S/C19H22BNO3/c1-18(2)19(3,4)24-20(23-18)15-10-12-17(13-11-15)21(14-22)16-8-6-5-7-9-16/h5-14H,1-4H3. The summed E-state index contributed by atoms with van der Waals surface area (Å²) >= 11 is 0. The van der Waals surface area contributed by atoms with E-state index in [0.29, 0.717) is 0 Å². The molecule has 0 atom stereocenters. The van der Waals surface area contributed by atoms with E-state index in [1.807, 2.05) is 82.3 Å². The average molecular weight is 323 g/mol. The molecule has 4 nitrogen and oxygen atoms in total. The highest BCUT2D eigenvalue weighted by molar-refractivity contribution is 6.62. The number of carbonyl (C=O) groups is 1. The second-order valence-corrected chi connectivity index (χ2v) is 6.99. The minimum Gasteiger partial charge on any atom is -0.399 e. The molecule has 0 aromatic heterocycles. The Hall–Kier alpha value is -2.11. The van der Waals surface area contributed by atoms with Gasteiger partial charge in [-0.15, -0.1) is 0 Å². The molecular weight excluding hydrogens is 301 g/mol. The van der Waals surface area contributed by atoms with Crippen LogP contribution in [0.25, 0.3) is 0 Å². The fourth-order valence-electron chi connectivity index (χ4n) is 2.63. The van der Waals surface area contributed by atoms with Gasteiger partial charge < -0.3 is 9.31 Å². The lowest BCUT2D eigenvalue weighted by atomic mass is 9.79. The number of amides is 1. The van der Waals surface area contributed by atoms with Gasteiger partial charge in [-0.2, -0.15) is 0 Å². The van der Waals surface area contributed by atoms with Crippen LogP contribution in [-0.2, 0) is 14.1 Å². The van der Waals surface area contributed by atoms with Gasteiger partial charge in [0.25, 0.3) is 0 Å². The molecule has 3 rings (SSSR count). The molecule has 5 heteroatoms. The summed E-state index contributed by atoms with van der Waals surface area (Å²) in [6, 6.07) is 17.2. The zero-order valence-electron chi connectivity index (χ0n) is 14.5. The van der Waals surface area contributed by atoms with E-state index in [2.05, 4.69) is 0 Å². The Morgan fingerprint density at radius 1 is 0.833 bits per heavy atom. The Labute approximate surface area is 143 Å². The smallest absolute Gasteiger partial charge is 0.399 e. The van der Waals surface area contributed by atoms with E-state index in [1.54, 1.807) is 4.90 Å². The Bertz CT molecular complexity index is 697. The molecule has 0 unspecified atom stereocenters. The minimum absolute atomic E-state index is 0.366. The van der Waals surface area contributed by atoms with Crippen LogP contribution in [0.15, 0.2) is 54.6 Å². The third-order valence-corrected chi connectivity index (χ3v) is 4.84. The van der Waals surface area contributed by atoms with Gasteiger partial charge in [0.15, 0.2) is 0 Å². The highest BCUT2D eigenvalue weighted by Gasteiger charge is 2.51. The lowest BCUT2D eigenvalue weighted by molar-refractivity contribution is -0.106. The van der Waals surface area contributed by atoms with Crippen LogP contribution in [0.3, 0.4) is 0 Å². The first-order valence-corrected chi connectivity index (χ1v) is 8.09. The van der Waals surface area contributed by atoms with Gasteiger partial charge in [-0.05, 0) is 57.4 Å². The number of rotatable bonds is 4. The second-order valence-electron chi connectivity index (χ2n) is 6.99. The largest absolute Gasteiger partial charge is 0.494 e. The van der Waals surface area contributed by atoms with Crippen LogP contribution >= 0.6 is 0 Å². The molecule has 1 aliphatic heterocycles. The highest BCUT2D eigenvalue weighted by Crippen LogP contribution is 2.36. The van der Waals surface area contributed by atoms with E-state index in [-0.39, 0.29) is 11.2 Å². The molecular formula is C19H22BNO3. The van der Waals surface area contributed by atoms with Crippen molar-refractivity contribution in [3.8, 4) is 0 Å². The predicted molar refractivity (Wildman–Crippen MR) is 96.8 cm³/mol. The summed E-state index contributed by atoms with van der Waals surface area (Å²) in [6.45, 7) is 8.13. The molecule has 1 aliphatic rings. The molecule has 0 spiro atoms.